The van der Waals surface area contributed by atoms with Crippen molar-refractivity contribution >= 4 is 48.2 Å². The number of benzene rings is 1. The summed E-state index contributed by atoms with van der Waals surface area (Å²) < 4.78 is 23.7. The lowest BCUT2D eigenvalue weighted by Crippen LogP contribution is -2.47. The number of pyridine rings is 2. The number of ether oxygens (including phenoxy) is 4. The largest absolute Gasteiger partial charge is 0.457 e. The van der Waals surface area contributed by atoms with Gasteiger partial charge in [-0.3, -0.25) is 14.4 Å². The van der Waals surface area contributed by atoms with Crippen LogP contribution in [0.3, 0.4) is 0 Å². The van der Waals surface area contributed by atoms with Crippen LogP contribution >= 0.6 is 0 Å². The molecule has 5 rings (SSSR count). The van der Waals surface area contributed by atoms with Gasteiger partial charge in [-0.1, -0.05) is 39.4 Å². The molecule has 262 valence electrons. The molecule has 3 aromatic rings. The molecule has 12 nitrogen and oxygen atoms in total. The van der Waals surface area contributed by atoms with Crippen molar-refractivity contribution in [3.63, 3.8) is 0 Å². The van der Waals surface area contributed by atoms with Gasteiger partial charge in [-0.15, -0.1) is 0 Å². The van der Waals surface area contributed by atoms with Crippen LogP contribution in [0.1, 0.15) is 83.9 Å². The number of carbonyl (C=O) groups is 4. The van der Waals surface area contributed by atoms with Crippen LogP contribution in [0.5, 0.6) is 5.75 Å². The van der Waals surface area contributed by atoms with Crippen LogP contribution in [0, 0.1) is 0 Å². The molecular weight excluding hydrogens is 646 g/mol. The van der Waals surface area contributed by atoms with Gasteiger partial charge in [-0.2, -0.15) is 0 Å². The summed E-state index contributed by atoms with van der Waals surface area (Å²) in [6.07, 6.45) is 0.582. The van der Waals surface area contributed by atoms with Crippen molar-refractivity contribution in [3.8, 4) is 17.1 Å². The number of fused-ring (bicyclic) bond motifs is 5. The Morgan fingerprint density at radius 3 is 2.49 bits per heavy atom. The molecule has 2 aliphatic heterocycles. The average Bonchev–Trinajstić information content (AvgIpc) is 3.36. The Bertz CT molecular complexity index is 1910. The lowest BCUT2D eigenvalue weighted by atomic mass is 9.85. The maximum Gasteiger partial charge on any atom is 0.407 e. The van der Waals surface area contributed by atoms with Gasteiger partial charge in [0, 0.05) is 30.8 Å². The summed E-state index contributed by atoms with van der Waals surface area (Å²) in [5.41, 5.74) is 0.556. The summed E-state index contributed by atoms with van der Waals surface area (Å²) in [6, 6.07) is 8.13. The number of aromatic nitrogens is 2. The van der Waals surface area contributed by atoms with E-state index in [1.165, 1.54) is 6.92 Å². The third-order valence-corrected chi connectivity index (χ3v) is 12.6. The highest BCUT2D eigenvalue weighted by Crippen LogP contribution is 2.41. The van der Waals surface area contributed by atoms with Crippen LogP contribution in [0.15, 0.2) is 29.1 Å². The van der Waals surface area contributed by atoms with Crippen LogP contribution in [0.4, 0.5) is 4.79 Å². The molecule has 0 fully saturated rings. The minimum atomic E-state index is -2.13. The molecule has 0 unspecified atom stereocenters. The lowest BCUT2D eigenvalue weighted by molar-refractivity contribution is -0.189. The van der Waals surface area contributed by atoms with Crippen molar-refractivity contribution in [1.29, 1.82) is 0 Å². The van der Waals surface area contributed by atoms with Gasteiger partial charge in [0.05, 0.1) is 37.1 Å². The summed E-state index contributed by atoms with van der Waals surface area (Å²) in [4.78, 5) is 69.6. The molecule has 4 heterocycles. The second-order valence-electron chi connectivity index (χ2n) is 14.3. The minimum Gasteiger partial charge on any atom is -0.457 e. The molecule has 2 aromatic heterocycles. The van der Waals surface area contributed by atoms with Gasteiger partial charge in [0.1, 0.15) is 18.0 Å². The molecule has 49 heavy (non-hydrogen) atoms. The number of hydrogen-bond acceptors (Lipinski definition) is 10. The van der Waals surface area contributed by atoms with E-state index >= 15 is 0 Å². The molecule has 1 amide bonds. The summed E-state index contributed by atoms with van der Waals surface area (Å²) in [5, 5.41) is 4.64. The first-order chi connectivity index (χ1) is 23.0. The van der Waals surface area contributed by atoms with Crippen LogP contribution in [0.25, 0.3) is 22.3 Å². The van der Waals surface area contributed by atoms with E-state index in [0.717, 1.165) is 28.6 Å². The summed E-state index contributed by atoms with van der Waals surface area (Å²) in [7, 11) is -2.13. The molecule has 1 atom stereocenters. The third kappa shape index (κ3) is 6.99. The zero-order valence-electron chi connectivity index (χ0n) is 29.5. The molecule has 13 heteroatoms. The van der Waals surface area contributed by atoms with Crippen molar-refractivity contribution < 1.29 is 38.1 Å². The fourth-order valence-electron chi connectivity index (χ4n) is 6.95. The fraction of sp³-hybridized carbons (Fsp3) is 0.500. The highest BCUT2D eigenvalue weighted by atomic mass is 28.3. The first kappa shape index (κ1) is 35.8. The van der Waals surface area contributed by atoms with Crippen molar-refractivity contribution in [3.05, 3.63) is 51.3 Å². The van der Waals surface area contributed by atoms with E-state index in [4.69, 9.17) is 23.9 Å². The van der Waals surface area contributed by atoms with Crippen LogP contribution in [-0.2, 0) is 47.3 Å². The Hall–Kier alpha value is -4.52. The molecule has 0 radical (unpaired) electrons. The zero-order valence-corrected chi connectivity index (χ0v) is 30.5. The molecular formula is C36H45N3O9Si. The number of esters is 3. The van der Waals surface area contributed by atoms with Crippen LogP contribution < -0.4 is 20.8 Å². The van der Waals surface area contributed by atoms with Gasteiger partial charge < -0.3 is 28.8 Å². The van der Waals surface area contributed by atoms with Gasteiger partial charge >= 0.3 is 24.0 Å². The van der Waals surface area contributed by atoms with E-state index in [1.807, 2.05) is 12.1 Å². The Morgan fingerprint density at radius 1 is 1.10 bits per heavy atom. The Balaban J connectivity index is 1.55. The topological polar surface area (TPSA) is 152 Å². The van der Waals surface area contributed by atoms with E-state index in [1.54, 1.807) is 44.4 Å². The van der Waals surface area contributed by atoms with E-state index in [-0.39, 0.29) is 50.1 Å². The van der Waals surface area contributed by atoms with Gasteiger partial charge in [0.2, 0.25) is 5.60 Å². The van der Waals surface area contributed by atoms with Crippen molar-refractivity contribution in [2.75, 3.05) is 6.54 Å². The first-order valence-electron chi connectivity index (χ1n) is 16.8. The maximum absolute atomic E-state index is 14.2. The predicted octanol–water partition coefficient (Wildman–Crippen LogP) is 5.19. The highest BCUT2D eigenvalue weighted by molar-refractivity contribution is 6.91. The number of nitrogens with one attached hydrogen (secondary N) is 1. The quantitative estimate of drug-likeness (QED) is 0.0774. The molecule has 0 aliphatic carbocycles. The number of carbonyl (C=O) groups excluding carboxylic acids is 4. The standard InChI is InChI=1S/C36H45N3O9Si/c1-9-16-49(7,8)31-23-17-22(46-21(3)40)13-14-27(23)38-30-24(31)19-39-28(30)18-26-25(32(39)42)20-45-33(43)36(26,10-2)47-29(41)12-11-15-37-34(44)48-35(4,5)6/h13-14,17-18H,9-12,15-16,19-20H2,1-8H3,(H,37,44)/t36-/m0/s1. The van der Waals surface area contributed by atoms with Crippen LogP contribution in [0.2, 0.25) is 19.1 Å². The van der Waals surface area contributed by atoms with Gasteiger partial charge in [-0.05, 0) is 68.6 Å². The number of rotatable bonds is 10. The number of alkyl carbamates (subject to hydrolysis) is 1. The molecule has 2 aliphatic rings. The highest BCUT2D eigenvalue weighted by Gasteiger charge is 2.50. The molecule has 0 bridgehead atoms. The second kappa shape index (κ2) is 13.4. The van der Waals surface area contributed by atoms with Crippen molar-refractivity contribution in [2.45, 2.75) is 111 Å². The monoisotopic (exact) mass is 691 g/mol. The number of nitrogens with zero attached hydrogens (tertiary/aromatic N) is 2. The van der Waals surface area contributed by atoms with E-state index in [2.05, 4.69) is 25.3 Å². The predicted molar refractivity (Wildman–Crippen MR) is 185 cm³/mol. The summed E-state index contributed by atoms with van der Waals surface area (Å²) in [6.45, 7) is 15.3. The Kier molecular flexibility index (Phi) is 9.79. The zero-order chi connectivity index (χ0) is 35.9. The lowest BCUT2D eigenvalue weighted by Gasteiger charge is -2.35. The average molecular weight is 692 g/mol. The second-order valence-corrected chi connectivity index (χ2v) is 19.1. The van der Waals surface area contributed by atoms with Crippen LogP contribution in [-0.4, -0.2) is 53.8 Å². The first-order valence-corrected chi connectivity index (χ1v) is 20.0. The van der Waals surface area contributed by atoms with E-state index in [0.29, 0.717) is 28.2 Å². The van der Waals surface area contributed by atoms with Crippen molar-refractivity contribution in [1.82, 2.24) is 14.9 Å². The third-order valence-electron chi connectivity index (χ3n) is 8.95. The van der Waals surface area contributed by atoms with E-state index < -0.39 is 43.3 Å². The maximum atomic E-state index is 14.2. The summed E-state index contributed by atoms with van der Waals surface area (Å²) in [5.74, 6) is -1.40. The minimum absolute atomic E-state index is 0.0439. The van der Waals surface area contributed by atoms with E-state index in [9.17, 15) is 24.0 Å². The Morgan fingerprint density at radius 2 is 1.84 bits per heavy atom. The number of cyclic esters (lactones) is 1. The Labute approximate surface area is 286 Å². The number of hydrogen-bond donors (Lipinski definition) is 1. The molecule has 0 saturated heterocycles. The smallest absolute Gasteiger partial charge is 0.407 e. The molecule has 0 spiro atoms. The van der Waals surface area contributed by atoms with Gasteiger partial charge in [0.25, 0.3) is 5.56 Å². The molecule has 0 saturated carbocycles. The molecule has 1 aromatic carbocycles. The number of amides is 1. The summed E-state index contributed by atoms with van der Waals surface area (Å²) >= 11 is 0. The fourth-order valence-corrected chi connectivity index (χ4v) is 10.4. The normalized spacial score (nSPS) is 16.7. The van der Waals surface area contributed by atoms with Gasteiger partial charge in [0.15, 0.2) is 0 Å². The molecule has 1 N–H and O–H groups in total. The van der Waals surface area contributed by atoms with Gasteiger partial charge in [-0.25, -0.2) is 14.6 Å². The van der Waals surface area contributed by atoms with Crippen molar-refractivity contribution in [2.24, 2.45) is 0 Å². The SMILES string of the molecule is CCC[Si](C)(C)c1c2c(nc3ccc(OC(C)=O)cc13)-c1cc3c(c(=O)n1C2)COC(=O)[C@@]3(CC)OC(=O)CCCNC(=O)OC(C)(C)C.